The van der Waals surface area contributed by atoms with Crippen LogP contribution in [0.4, 0.5) is 8.78 Å². The first-order chi connectivity index (χ1) is 13.8. The molecule has 0 radical (unpaired) electrons. The Hall–Kier alpha value is -2.31. The van der Waals surface area contributed by atoms with Crippen molar-refractivity contribution in [1.29, 1.82) is 0 Å². The zero-order chi connectivity index (χ0) is 21.0. The molecular weight excluding hydrogens is 513 g/mol. The lowest BCUT2D eigenvalue weighted by Gasteiger charge is -2.15. The maximum atomic E-state index is 12.7. The van der Waals surface area contributed by atoms with Gasteiger partial charge in [-0.1, -0.05) is 20.8 Å². The number of nitrogens with one attached hydrogen (secondary N) is 2. The predicted octanol–water partition coefficient (Wildman–Crippen LogP) is 3.79. The van der Waals surface area contributed by atoms with Gasteiger partial charge in [-0.3, -0.25) is 4.99 Å². The van der Waals surface area contributed by atoms with Crippen molar-refractivity contribution >= 4 is 29.9 Å². The molecule has 166 valence electrons. The van der Waals surface area contributed by atoms with Crippen LogP contribution in [0, 0.1) is 0 Å². The van der Waals surface area contributed by atoms with Gasteiger partial charge in [0.2, 0.25) is 12.7 Å². The maximum absolute atomic E-state index is 12.7. The van der Waals surface area contributed by atoms with Gasteiger partial charge in [0.15, 0.2) is 17.5 Å². The van der Waals surface area contributed by atoms with Crippen molar-refractivity contribution in [1.82, 2.24) is 15.6 Å². The van der Waals surface area contributed by atoms with Crippen LogP contribution in [0.5, 0.6) is 17.2 Å². The van der Waals surface area contributed by atoms with E-state index in [9.17, 15) is 8.78 Å². The fraction of sp³-hybridized carbons (Fsp3) is 0.474. The van der Waals surface area contributed by atoms with Gasteiger partial charge in [0.05, 0.1) is 12.7 Å². The van der Waals surface area contributed by atoms with Crippen LogP contribution in [0.3, 0.4) is 0 Å². The largest absolute Gasteiger partial charge is 0.454 e. The monoisotopic (exact) mass is 538 g/mol. The number of ether oxygens (including phenoxy) is 3. The molecule has 0 spiro atoms. The minimum absolute atomic E-state index is 0. The van der Waals surface area contributed by atoms with Crippen LogP contribution in [0.15, 0.2) is 27.7 Å². The summed E-state index contributed by atoms with van der Waals surface area (Å²) in [5.74, 6) is 2.59. The molecule has 0 bridgehead atoms. The van der Waals surface area contributed by atoms with E-state index in [1.807, 2.05) is 20.8 Å². The molecule has 0 amide bonds. The zero-order valence-corrected chi connectivity index (χ0v) is 19.5. The van der Waals surface area contributed by atoms with Crippen LogP contribution in [0.25, 0.3) is 0 Å². The Balaban J connectivity index is 0.00000320. The van der Waals surface area contributed by atoms with Crippen LogP contribution >= 0.6 is 24.0 Å². The van der Waals surface area contributed by atoms with E-state index in [4.69, 9.17) is 13.9 Å². The van der Waals surface area contributed by atoms with Crippen LogP contribution in [-0.2, 0) is 18.5 Å². The summed E-state index contributed by atoms with van der Waals surface area (Å²) in [7, 11) is 1.60. The molecule has 0 unspecified atom stereocenters. The molecule has 1 aromatic carbocycles. The zero-order valence-electron chi connectivity index (χ0n) is 17.1. The Morgan fingerprint density at radius 2 is 1.87 bits per heavy atom. The summed E-state index contributed by atoms with van der Waals surface area (Å²) < 4.78 is 46.3. The third kappa shape index (κ3) is 6.09. The summed E-state index contributed by atoms with van der Waals surface area (Å²) >= 11 is 0. The van der Waals surface area contributed by atoms with Crippen molar-refractivity contribution in [2.24, 2.45) is 4.99 Å². The SMILES string of the molecule is CN=C(NCc1ncc(C(C)(C)C)o1)NCc1cc2c(cc1OC(F)F)OCO2.I. The molecule has 2 aromatic rings. The van der Waals surface area contributed by atoms with Crippen LogP contribution in [-0.4, -0.2) is 31.4 Å². The van der Waals surface area contributed by atoms with Crippen molar-refractivity contribution in [2.45, 2.75) is 45.9 Å². The summed E-state index contributed by atoms with van der Waals surface area (Å²) in [6, 6.07) is 2.99. The number of hydrogen-bond donors (Lipinski definition) is 2. The molecule has 2 N–H and O–H groups in total. The third-order valence-electron chi connectivity index (χ3n) is 4.14. The van der Waals surface area contributed by atoms with Gasteiger partial charge >= 0.3 is 6.61 Å². The highest BCUT2D eigenvalue weighted by Gasteiger charge is 2.21. The van der Waals surface area contributed by atoms with Crippen LogP contribution < -0.4 is 24.8 Å². The van der Waals surface area contributed by atoms with Gasteiger partial charge in [0, 0.05) is 30.6 Å². The average molecular weight is 538 g/mol. The van der Waals surface area contributed by atoms with E-state index in [-0.39, 0.29) is 48.5 Å². The normalized spacial score (nSPS) is 13.2. The van der Waals surface area contributed by atoms with E-state index in [2.05, 4.69) is 25.3 Å². The van der Waals surface area contributed by atoms with E-state index in [0.717, 1.165) is 5.76 Å². The van der Waals surface area contributed by atoms with Gasteiger partial charge in [-0.15, -0.1) is 24.0 Å². The fourth-order valence-electron chi connectivity index (χ4n) is 2.61. The first kappa shape index (κ1) is 24.0. The van der Waals surface area contributed by atoms with Crippen molar-refractivity contribution in [3.8, 4) is 17.2 Å². The quantitative estimate of drug-likeness (QED) is 0.329. The maximum Gasteiger partial charge on any atom is 0.387 e. The standard InChI is InChI=1S/C19H24F2N4O4.HI/c1-19(2,3)15-8-23-16(29-15)9-25-18(22-4)24-7-11-5-13-14(27-10-26-13)6-12(11)28-17(20)21;/h5-6,8,17H,7,9-10H2,1-4H3,(H2,22,24,25);1H. The molecule has 30 heavy (non-hydrogen) atoms. The van der Waals surface area contributed by atoms with Gasteiger partial charge in [-0.2, -0.15) is 8.78 Å². The Morgan fingerprint density at radius 1 is 1.20 bits per heavy atom. The number of aliphatic imine (C=N–C) groups is 1. The Bertz CT molecular complexity index is 884. The number of halogens is 3. The topological polar surface area (TPSA) is 90.1 Å². The minimum Gasteiger partial charge on any atom is -0.454 e. The van der Waals surface area contributed by atoms with Gasteiger partial charge < -0.3 is 29.3 Å². The number of aromatic nitrogens is 1. The fourth-order valence-corrected chi connectivity index (χ4v) is 2.61. The first-order valence-corrected chi connectivity index (χ1v) is 9.03. The number of alkyl halides is 2. The second kappa shape index (κ2) is 10.1. The number of oxazole rings is 1. The van der Waals surface area contributed by atoms with Crippen LogP contribution in [0.2, 0.25) is 0 Å². The number of fused-ring (bicyclic) bond motifs is 1. The van der Waals surface area contributed by atoms with E-state index in [0.29, 0.717) is 35.5 Å². The highest BCUT2D eigenvalue weighted by molar-refractivity contribution is 14.0. The Morgan fingerprint density at radius 3 is 2.47 bits per heavy atom. The van der Waals surface area contributed by atoms with Gasteiger partial charge in [0.25, 0.3) is 0 Å². The van der Waals surface area contributed by atoms with E-state index in [1.54, 1.807) is 19.3 Å². The molecule has 2 heterocycles. The molecule has 0 saturated carbocycles. The lowest BCUT2D eigenvalue weighted by molar-refractivity contribution is -0.0505. The molecule has 11 heteroatoms. The lowest BCUT2D eigenvalue weighted by atomic mass is 9.94. The number of rotatable bonds is 6. The van der Waals surface area contributed by atoms with Crippen molar-refractivity contribution < 1.29 is 27.4 Å². The summed E-state index contributed by atoms with van der Waals surface area (Å²) in [6.45, 7) is 3.69. The number of guanidine groups is 1. The summed E-state index contributed by atoms with van der Waals surface area (Å²) in [5, 5.41) is 6.12. The second-order valence-corrected chi connectivity index (χ2v) is 7.34. The molecule has 1 aliphatic heterocycles. The van der Waals surface area contributed by atoms with E-state index >= 15 is 0 Å². The Labute approximate surface area is 190 Å². The van der Waals surface area contributed by atoms with E-state index in [1.165, 1.54) is 6.07 Å². The number of nitrogens with zero attached hydrogens (tertiary/aromatic N) is 2. The van der Waals surface area contributed by atoms with Gasteiger partial charge in [-0.25, -0.2) is 4.98 Å². The third-order valence-corrected chi connectivity index (χ3v) is 4.14. The van der Waals surface area contributed by atoms with Crippen LogP contribution in [0.1, 0.15) is 38.0 Å². The van der Waals surface area contributed by atoms with E-state index < -0.39 is 6.61 Å². The predicted molar refractivity (Wildman–Crippen MR) is 117 cm³/mol. The number of hydrogen-bond acceptors (Lipinski definition) is 6. The molecule has 8 nitrogen and oxygen atoms in total. The summed E-state index contributed by atoms with van der Waals surface area (Å²) in [5.41, 5.74) is 0.342. The molecule has 1 aromatic heterocycles. The molecule has 0 fully saturated rings. The van der Waals surface area contributed by atoms with Crippen molar-refractivity contribution in [2.75, 3.05) is 13.8 Å². The molecule has 3 rings (SSSR count). The molecule has 1 aliphatic rings. The molecule has 0 atom stereocenters. The van der Waals surface area contributed by atoms with Crippen molar-refractivity contribution in [3.05, 3.63) is 35.5 Å². The minimum atomic E-state index is -2.95. The highest BCUT2D eigenvalue weighted by Crippen LogP contribution is 2.38. The number of benzene rings is 1. The highest BCUT2D eigenvalue weighted by atomic mass is 127. The van der Waals surface area contributed by atoms with Gasteiger partial charge in [-0.05, 0) is 6.07 Å². The summed E-state index contributed by atoms with van der Waals surface area (Å²) in [6.07, 6.45) is 1.70. The van der Waals surface area contributed by atoms with Gasteiger partial charge in [0.1, 0.15) is 11.5 Å². The lowest BCUT2D eigenvalue weighted by Crippen LogP contribution is -2.36. The Kier molecular flexibility index (Phi) is 8.10. The second-order valence-electron chi connectivity index (χ2n) is 7.34. The molecule has 0 saturated heterocycles. The smallest absolute Gasteiger partial charge is 0.387 e. The average Bonchev–Trinajstić information content (AvgIpc) is 3.29. The molecule has 0 aliphatic carbocycles. The van der Waals surface area contributed by atoms with Crippen molar-refractivity contribution in [3.63, 3.8) is 0 Å². The first-order valence-electron chi connectivity index (χ1n) is 9.03. The molecular formula is C19H25F2IN4O4. The summed E-state index contributed by atoms with van der Waals surface area (Å²) in [4.78, 5) is 8.36.